The number of nitrogens with zero attached hydrogens (tertiary/aromatic N) is 1. The number of aliphatic hydroxyl groups is 1. The van der Waals surface area contributed by atoms with Crippen molar-refractivity contribution in [1.82, 2.24) is 10.2 Å². The number of rotatable bonds is 6. The lowest BCUT2D eigenvalue weighted by Crippen LogP contribution is -2.56. The summed E-state index contributed by atoms with van der Waals surface area (Å²) < 4.78 is 10.5. The number of furan rings is 1. The highest BCUT2D eigenvalue weighted by Crippen LogP contribution is 2.60. The minimum atomic E-state index is -0.833. The van der Waals surface area contributed by atoms with Crippen LogP contribution >= 0.6 is 0 Å². The van der Waals surface area contributed by atoms with Crippen LogP contribution in [0.25, 0.3) is 0 Å². The fourth-order valence-corrected chi connectivity index (χ4v) is 7.06. The van der Waals surface area contributed by atoms with Crippen molar-refractivity contribution in [1.29, 1.82) is 0 Å². The quantitative estimate of drug-likeness (QED) is 0.651. The Balaban J connectivity index is 1.20. The summed E-state index contributed by atoms with van der Waals surface area (Å²) in [5, 5.41) is 13.0. The molecule has 0 radical (unpaired) electrons. The van der Waals surface area contributed by atoms with Crippen molar-refractivity contribution >= 4 is 17.8 Å². The van der Waals surface area contributed by atoms with Crippen LogP contribution in [0.1, 0.15) is 63.7 Å². The number of carbonyl (C=O) groups is 3. The smallest absolute Gasteiger partial charge is 0.329 e. The Hall–Kier alpha value is -2.35. The summed E-state index contributed by atoms with van der Waals surface area (Å²) in [6, 6.07) is 2.31. The van der Waals surface area contributed by atoms with Crippen LogP contribution in [0.2, 0.25) is 0 Å². The monoisotopic (exact) mass is 444 g/mol. The van der Waals surface area contributed by atoms with Crippen molar-refractivity contribution in [2.75, 3.05) is 13.2 Å². The van der Waals surface area contributed by atoms with Crippen molar-refractivity contribution in [2.45, 2.75) is 70.1 Å². The molecule has 4 aliphatic carbocycles. The molecule has 32 heavy (non-hydrogen) atoms. The van der Waals surface area contributed by atoms with Gasteiger partial charge < -0.3 is 24.5 Å². The molecule has 8 nitrogen and oxygen atoms in total. The van der Waals surface area contributed by atoms with Crippen LogP contribution in [0.4, 0.5) is 0 Å². The van der Waals surface area contributed by atoms with Gasteiger partial charge in [0.05, 0.1) is 23.8 Å². The predicted octanol–water partition coefficient (Wildman–Crippen LogP) is 2.18. The second kappa shape index (κ2) is 8.21. The summed E-state index contributed by atoms with van der Waals surface area (Å²) in [5.41, 5.74) is -0.382. The molecule has 174 valence electrons. The largest absolute Gasteiger partial charge is 0.467 e. The minimum absolute atomic E-state index is 0.00555. The second-order valence-electron chi connectivity index (χ2n) is 10.5. The van der Waals surface area contributed by atoms with Gasteiger partial charge in [-0.05, 0) is 75.3 Å². The van der Waals surface area contributed by atoms with E-state index in [9.17, 15) is 19.5 Å². The fraction of sp³-hybridized carbons (Fsp3) is 0.708. The van der Waals surface area contributed by atoms with Crippen LogP contribution in [-0.2, 0) is 19.1 Å². The summed E-state index contributed by atoms with van der Waals surface area (Å²) >= 11 is 0. The second-order valence-corrected chi connectivity index (χ2v) is 10.5. The molecule has 2 heterocycles. The van der Waals surface area contributed by atoms with Crippen molar-refractivity contribution in [3.8, 4) is 0 Å². The van der Waals surface area contributed by atoms with Gasteiger partial charge in [0.2, 0.25) is 5.91 Å². The standard InChI is InChI=1S/C24H32N2O6/c1-14(20-3-2-4-31-20)25-21(28)13-32-22(29)19-8-18(27)12-26(19)23(30)24-9-15-5-16(10-24)7-17(6-15)11-24/h2-4,14-19,27H,5-13H2,1H3,(H,25,28)/t14-,15?,16?,17?,18+,19-,24?/m0/s1. The molecule has 5 fully saturated rings. The van der Waals surface area contributed by atoms with Gasteiger partial charge in [0.1, 0.15) is 11.8 Å². The molecule has 3 atom stereocenters. The number of esters is 1. The normalized spacial score (nSPS) is 36.2. The summed E-state index contributed by atoms with van der Waals surface area (Å²) in [6.07, 6.45) is 7.32. The average Bonchev–Trinajstić information content (AvgIpc) is 3.40. The summed E-state index contributed by atoms with van der Waals surface area (Å²) in [7, 11) is 0. The molecular formula is C24H32N2O6. The van der Waals surface area contributed by atoms with Crippen molar-refractivity contribution in [3.05, 3.63) is 24.2 Å². The van der Waals surface area contributed by atoms with Gasteiger partial charge >= 0.3 is 5.97 Å². The van der Waals surface area contributed by atoms with E-state index in [0.717, 1.165) is 19.3 Å². The number of amides is 2. The summed E-state index contributed by atoms with van der Waals surface area (Å²) in [6.45, 7) is 1.50. The first-order valence-electron chi connectivity index (χ1n) is 11.8. The van der Waals surface area contributed by atoms with Crippen LogP contribution in [0, 0.1) is 23.2 Å². The van der Waals surface area contributed by atoms with E-state index in [-0.39, 0.29) is 30.3 Å². The molecule has 6 rings (SSSR count). The molecule has 1 aromatic heterocycles. The predicted molar refractivity (Wildman–Crippen MR) is 113 cm³/mol. The Morgan fingerprint density at radius 2 is 1.84 bits per heavy atom. The average molecular weight is 445 g/mol. The maximum Gasteiger partial charge on any atom is 0.329 e. The third kappa shape index (κ3) is 3.93. The topological polar surface area (TPSA) is 109 Å². The van der Waals surface area contributed by atoms with Crippen LogP contribution in [0.3, 0.4) is 0 Å². The van der Waals surface area contributed by atoms with E-state index >= 15 is 0 Å². The number of carbonyl (C=O) groups excluding carboxylic acids is 3. The molecule has 5 aliphatic rings. The molecule has 1 aromatic rings. The van der Waals surface area contributed by atoms with Crippen molar-refractivity contribution < 1.29 is 28.6 Å². The van der Waals surface area contributed by atoms with E-state index in [4.69, 9.17) is 9.15 Å². The van der Waals surface area contributed by atoms with Crippen LogP contribution in [0.15, 0.2) is 22.8 Å². The van der Waals surface area contributed by atoms with Gasteiger partial charge in [0.15, 0.2) is 6.61 Å². The number of aliphatic hydroxyl groups excluding tert-OH is 1. The molecule has 2 N–H and O–H groups in total. The molecule has 2 amide bonds. The zero-order valence-corrected chi connectivity index (χ0v) is 18.5. The lowest BCUT2D eigenvalue weighted by molar-refractivity contribution is -0.166. The van der Waals surface area contributed by atoms with Gasteiger partial charge in [-0.3, -0.25) is 9.59 Å². The minimum Gasteiger partial charge on any atom is -0.467 e. The highest BCUT2D eigenvalue weighted by Gasteiger charge is 2.57. The number of hydrogen-bond donors (Lipinski definition) is 2. The molecule has 0 aromatic carbocycles. The lowest BCUT2D eigenvalue weighted by atomic mass is 9.49. The van der Waals surface area contributed by atoms with Gasteiger partial charge in [-0.1, -0.05) is 0 Å². The number of β-amino-alcohol motifs (C(OH)–C–C–N with tert-alkyl or cyclic N) is 1. The molecule has 8 heteroatoms. The van der Waals surface area contributed by atoms with Crippen LogP contribution < -0.4 is 5.32 Å². The Labute approximate surface area is 187 Å². The van der Waals surface area contributed by atoms with Crippen molar-refractivity contribution in [2.24, 2.45) is 23.2 Å². The first-order chi connectivity index (χ1) is 15.3. The summed E-state index contributed by atoms with van der Waals surface area (Å²) in [5.74, 6) is 1.39. The van der Waals surface area contributed by atoms with Gasteiger partial charge in [0, 0.05) is 13.0 Å². The van der Waals surface area contributed by atoms with Gasteiger partial charge in [-0.25, -0.2) is 4.79 Å². The molecule has 0 unspecified atom stereocenters. The van der Waals surface area contributed by atoms with Gasteiger partial charge in [-0.2, -0.15) is 0 Å². The Bertz CT molecular complexity index is 846. The zero-order chi connectivity index (χ0) is 22.5. The molecular weight excluding hydrogens is 412 g/mol. The van der Waals surface area contributed by atoms with Crippen LogP contribution in [0.5, 0.6) is 0 Å². The molecule has 0 spiro atoms. The number of ether oxygens (including phenoxy) is 1. The number of nitrogens with one attached hydrogen (secondary N) is 1. The van der Waals surface area contributed by atoms with Crippen molar-refractivity contribution in [3.63, 3.8) is 0 Å². The third-order valence-electron chi connectivity index (χ3n) is 8.00. The first kappa shape index (κ1) is 21.5. The fourth-order valence-electron chi connectivity index (χ4n) is 7.06. The van der Waals surface area contributed by atoms with E-state index in [1.54, 1.807) is 24.0 Å². The Kier molecular flexibility index (Phi) is 5.51. The van der Waals surface area contributed by atoms with E-state index in [0.29, 0.717) is 23.5 Å². The number of likely N-dealkylation sites (tertiary alicyclic amines) is 1. The summed E-state index contributed by atoms with van der Waals surface area (Å²) in [4.78, 5) is 40.3. The van der Waals surface area contributed by atoms with E-state index in [2.05, 4.69) is 5.32 Å². The zero-order valence-electron chi connectivity index (χ0n) is 18.5. The van der Waals surface area contributed by atoms with E-state index in [1.165, 1.54) is 25.5 Å². The third-order valence-corrected chi connectivity index (χ3v) is 8.00. The molecule has 1 aliphatic heterocycles. The highest BCUT2D eigenvalue weighted by molar-refractivity contribution is 5.90. The number of hydrogen-bond acceptors (Lipinski definition) is 6. The van der Waals surface area contributed by atoms with E-state index < -0.39 is 30.6 Å². The van der Waals surface area contributed by atoms with Gasteiger partial charge in [-0.15, -0.1) is 0 Å². The van der Waals surface area contributed by atoms with Gasteiger partial charge in [0.25, 0.3) is 5.91 Å². The SMILES string of the molecule is C[C@H](NC(=O)COC(=O)[C@@H]1C[C@@H](O)CN1C(=O)C12CC3CC(CC(C3)C1)C2)c1ccco1. The first-order valence-corrected chi connectivity index (χ1v) is 11.8. The maximum absolute atomic E-state index is 13.7. The molecule has 4 bridgehead atoms. The lowest BCUT2D eigenvalue weighted by Gasteiger charge is -2.56. The Morgan fingerprint density at radius 1 is 1.19 bits per heavy atom. The Morgan fingerprint density at radius 3 is 2.44 bits per heavy atom. The molecule has 4 saturated carbocycles. The molecule has 1 saturated heterocycles. The van der Waals surface area contributed by atoms with Crippen LogP contribution in [-0.4, -0.2) is 53.1 Å². The highest BCUT2D eigenvalue weighted by atomic mass is 16.5. The maximum atomic E-state index is 13.7. The van der Waals surface area contributed by atoms with E-state index in [1.807, 2.05) is 0 Å².